The van der Waals surface area contributed by atoms with Crippen LogP contribution in [0, 0.1) is 0 Å². The molecule has 0 saturated heterocycles. The normalized spacial score (nSPS) is 12.7. The first kappa shape index (κ1) is 9.99. The summed E-state index contributed by atoms with van der Waals surface area (Å²) in [5, 5.41) is 9.05. The molecule has 1 N–H and O–H groups in total. The fourth-order valence-electron chi connectivity index (χ4n) is 1.58. The monoisotopic (exact) mass is 201 g/mol. The van der Waals surface area contributed by atoms with Gasteiger partial charge in [0.1, 0.15) is 0 Å². The minimum absolute atomic E-state index is 0.141. The highest BCUT2D eigenvalue weighted by molar-refractivity contribution is 5.62. The Morgan fingerprint density at radius 2 is 1.87 bits per heavy atom. The summed E-state index contributed by atoms with van der Waals surface area (Å²) < 4.78 is 2.03. The van der Waals surface area contributed by atoms with Crippen molar-refractivity contribution in [2.45, 2.75) is 13.0 Å². The van der Waals surface area contributed by atoms with E-state index in [0.29, 0.717) is 0 Å². The molecule has 0 spiro atoms. The molecule has 15 heavy (non-hydrogen) atoms. The first-order chi connectivity index (χ1) is 7.31. The van der Waals surface area contributed by atoms with Gasteiger partial charge in [-0.3, -0.25) is 0 Å². The summed E-state index contributed by atoms with van der Waals surface area (Å²) in [7, 11) is 0. The fraction of sp³-hybridized carbons (Fsp3) is 0.231. The number of aliphatic hydroxyl groups excluding tert-OH is 1. The van der Waals surface area contributed by atoms with E-state index in [-0.39, 0.29) is 12.6 Å². The Morgan fingerprint density at radius 1 is 1.13 bits per heavy atom. The van der Waals surface area contributed by atoms with E-state index in [2.05, 4.69) is 24.4 Å². The van der Waals surface area contributed by atoms with Gasteiger partial charge in [0, 0.05) is 12.4 Å². The number of rotatable bonds is 3. The summed E-state index contributed by atoms with van der Waals surface area (Å²) in [6.45, 7) is 2.16. The molecule has 1 atom stereocenters. The zero-order valence-corrected chi connectivity index (χ0v) is 8.80. The molecule has 2 aromatic rings. The smallest absolute Gasteiger partial charge is 0.0636 e. The maximum absolute atomic E-state index is 9.05. The first-order valence-corrected chi connectivity index (χ1v) is 5.15. The maximum Gasteiger partial charge on any atom is 0.0636 e. The summed E-state index contributed by atoms with van der Waals surface area (Å²) in [4.78, 5) is 0. The molecule has 0 aliphatic heterocycles. The van der Waals surface area contributed by atoms with Crippen LogP contribution < -0.4 is 0 Å². The molecule has 0 saturated carbocycles. The molecular formula is C13H15NO. The van der Waals surface area contributed by atoms with Crippen LogP contribution in [-0.4, -0.2) is 16.3 Å². The number of nitrogens with zero attached hydrogens (tertiary/aromatic N) is 1. The van der Waals surface area contributed by atoms with Crippen molar-refractivity contribution in [3.63, 3.8) is 0 Å². The van der Waals surface area contributed by atoms with Crippen molar-refractivity contribution < 1.29 is 5.11 Å². The molecule has 0 amide bonds. The molecule has 78 valence electrons. The van der Waals surface area contributed by atoms with Gasteiger partial charge in [-0.15, -0.1) is 0 Å². The third-order valence-electron chi connectivity index (χ3n) is 2.59. The topological polar surface area (TPSA) is 25.2 Å². The van der Waals surface area contributed by atoms with E-state index in [1.807, 2.05) is 35.9 Å². The highest BCUT2D eigenvalue weighted by Crippen LogP contribution is 2.20. The molecule has 0 aliphatic rings. The van der Waals surface area contributed by atoms with E-state index < -0.39 is 0 Å². The Hall–Kier alpha value is -1.54. The lowest BCUT2D eigenvalue weighted by Gasteiger charge is -2.08. The molecule has 0 aliphatic carbocycles. The van der Waals surface area contributed by atoms with Crippen molar-refractivity contribution in [2.75, 3.05) is 6.61 Å². The molecule has 0 fully saturated rings. The summed E-state index contributed by atoms with van der Waals surface area (Å²) in [6.07, 6.45) is 4.07. The fourth-order valence-corrected chi connectivity index (χ4v) is 1.58. The summed E-state index contributed by atoms with van der Waals surface area (Å²) in [6, 6.07) is 12.5. The van der Waals surface area contributed by atoms with Gasteiger partial charge in [0.15, 0.2) is 0 Å². The minimum Gasteiger partial charge on any atom is -0.394 e. The average molecular weight is 201 g/mol. The maximum atomic E-state index is 9.05. The third-order valence-corrected chi connectivity index (χ3v) is 2.59. The molecule has 0 radical (unpaired) electrons. The molecule has 1 heterocycles. The Morgan fingerprint density at radius 3 is 2.53 bits per heavy atom. The van der Waals surface area contributed by atoms with Crippen molar-refractivity contribution in [2.24, 2.45) is 0 Å². The van der Waals surface area contributed by atoms with Gasteiger partial charge in [-0.2, -0.15) is 0 Å². The molecule has 1 aromatic carbocycles. The quantitative estimate of drug-likeness (QED) is 0.811. The van der Waals surface area contributed by atoms with Gasteiger partial charge in [0.05, 0.1) is 12.6 Å². The van der Waals surface area contributed by atoms with Crippen LogP contribution >= 0.6 is 0 Å². The molecule has 0 bridgehead atoms. The number of hydrogen-bond donors (Lipinski definition) is 1. The van der Waals surface area contributed by atoms with Crippen LogP contribution in [0.15, 0.2) is 48.8 Å². The Balaban J connectivity index is 2.28. The van der Waals surface area contributed by atoms with Gasteiger partial charge >= 0.3 is 0 Å². The van der Waals surface area contributed by atoms with Crippen molar-refractivity contribution >= 4 is 0 Å². The lowest BCUT2D eigenvalue weighted by atomic mass is 10.1. The summed E-state index contributed by atoms with van der Waals surface area (Å²) >= 11 is 0. The van der Waals surface area contributed by atoms with Crippen molar-refractivity contribution in [3.05, 3.63) is 48.8 Å². The standard InChI is InChI=1S/C13H15NO/c1-11(10-15)14-8-7-13(9-14)12-5-3-2-4-6-12/h2-9,11,15H,10H2,1H3. The molecule has 1 unspecified atom stereocenters. The number of aromatic nitrogens is 1. The van der Waals surface area contributed by atoms with Gasteiger partial charge in [0.25, 0.3) is 0 Å². The van der Waals surface area contributed by atoms with E-state index in [1.54, 1.807) is 0 Å². The third kappa shape index (κ3) is 2.10. The Kier molecular flexibility index (Phi) is 2.88. The Labute approximate surface area is 89.8 Å². The van der Waals surface area contributed by atoms with Crippen LogP contribution in [0.2, 0.25) is 0 Å². The molecule has 2 nitrogen and oxygen atoms in total. The van der Waals surface area contributed by atoms with Gasteiger partial charge in [0.2, 0.25) is 0 Å². The zero-order valence-electron chi connectivity index (χ0n) is 8.80. The predicted octanol–water partition coefficient (Wildman–Crippen LogP) is 2.71. The Bertz CT molecular complexity index is 419. The van der Waals surface area contributed by atoms with E-state index in [0.717, 1.165) is 0 Å². The number of benzene rings is 1. The molecule has 2 heteroatoms. The SMILES string of the molecule is CC(CO)n1ccc(-c2ccccc2)c1. The second kappa shape index (κ2) is 4.32. The van der Waals surface area contributed by atoms with Gasteiger partial charge in [-0.1, -0.05) is 30.3 Å². The largest absolute Gasteiger partial charge is 0.394 e. The van der Waals surface area contributed by atoms with Crippen LogP contribution in [0.1, 0.15) is 13.0 Å². The van der Waals surface area contributed by atoms with Crippen LogP contribution in [0.4, 0.5) is 0 Å². The van der Waals surface area contributed by atoms with Gasteiger partial charge in [-0.25, -0.2) is 0 Å². The van der Waals surface area contributed by atoms with Gasteiger partial charge < -0.3 is 9.67 Å². The lowest BCUT2D eigenvalue weighted by Crippen LogP contribution is -2.06. The highest BCUT2D eigenvalue weighted by Gasteiger charge is 2.04. The van der Waals surface area contributed by atoms with E-state index in [9.17, 15) is 0 Å². The molecule has 2 rings (SSSR count). The lowest BCUT2D eigenvalue weighted by molar-refractivity contribution is 0.239. The summed E-state index contributed by atoms with van der Waals surface area (Å²) in [5.74, 6) is 0. The number of hydrogen-bond acceptors (Lipinski definition) is 1. The van der Waals surface area contributed by atoms with Crippen LogP contribution in [0.3, 0.4) is 0 Å². The highest BCUT2D eigenvalue weighted by atomic mass is 16.3. The summed E-state index contributed by atoms with van der Waals surface area (Å²) in [5.41, 5.74) is 2.40. The van der Waals surface area contributed by atoms with Crippen LogP contribution in [0.5, 0.6) is 0 Å². The van der Waals surface area contributed by atoms with Crippen LogP contribution in [0.25, 0.3) is 11.1 Å². The minimum atomic E-state index is 0.141. The molecule has 1 aromatic heterocycles. The van der Waals surface area contributed by atoms with Crippen LogP contribution in [-0.2, 0) is 0 Å². The second-order valence-electron chi connectivity index (χ2n) is 3.75. The average Bonchev–Trinajstić information content (AvgIpc) is 2.78. The van der Waals surface area contributed by atoms with Crippen molar-refractivity contribution in [3.8, 4) is 11.1 Å². The van der Waals surface area contributed by atoms with Crippen molar-refractivity contribution in [1.29, 1.82) is 0 Å². The zero-order chi connectivity index (χ0) is 10.7. The number of aliphatic hydroxyl groups is 1. The molecular weight excluding hydrogens is 186 g/mol. The van der Waals surface area contributed by atoms with E-state index in [4.69, 9.17) is 5.11 Å². The predicted molar refractivity (Wildman–Crippen MR) is 61.7 cm³/mol. The van der Waals surface area contributed by atoms with Crippen molar-refractivity contribution in [1.82, 2.24) is 4.57 Å². The second-order valence-corrected chi connectivity index (χ2v) is 3.75. The first-order valence-electron chi connectivity index (χ1n) is 5.15. The van der Waals surface area contributed by atoms with E-state index >= 15 is 0 Å². The van der Waals surface area contributed by atoms with Gasteiger partial charge in [-0.05, 0) is 24.1 Å². The van der Waals surface area contributed by atoms with E-state index in [1.165, 1.54) is 11.1 Å².